The molecule has 2 aromatic carbocycles. The molecule has 6 heteroatoms. The van der Waals surface area contributed by atoms with Gasteiger partial charge in [0.05, 0.1) is 17.7 Å². The molecule has 0 aliphatic heterocycles. The Kier molecular flexibility index (Phi) is 4.92. The molecule has 4 nitrogen and oxygen atoms in total. The van der Waals surface area contributed by atoms with Gasteiger partial charge in [-0.25, -0.2) is 8.42 Å². The molecule has 1 N–H and O–H groups in total. The molecule has 23 heavy (non-hydrogen) atoms. The highest BCUT2D eigenvalue weighted by molar-refractivity contribution is 7.92. The SMILES string of the molecule is COc1ccc(Cl)cc1NS(=O)(=O)c1ccc(C(C)(C)C)cc1. The Hall–Kier alpha value is -1.72. The number of ether oxygens (including phenoxy) is 1. The predicted molar refractivity (Wildman–Crippen MR) is 94.0 cm³/mol. The van der Waals surface area contributed by atoms with Gasteiger partial charge in [0.15, 0.2) is 0 Å². The fourth-order valence-corrected chi connectivity index (χ4v) is 3.33. The number of nitrogens with one attached hydrogen (secondary N) is 1. The van der Waals surface area contributed by atoms with Crippen molar-refractivity contribution < 1.29 is 13.2 Å². The summed E-state index contributed by atoms with van der Waals surface area (Å²) < 4.78 is 32.7. The monoisotopic (exact) mass is 353 g/mol. The number of benzene rings is 2. The summed E-state index contributed by atoms with van der Waals surface area (Å²) in [6.45, 7) is 6.22. The van der Waals surface area contributed by atoms with Gasteiger partial charge in [0.2, 0.25) is 0 Å². The van der Waals surface area contributed by atoms with Crippen molar-refractivity contribution in [2.24, 2.45) is 0 Å². The zero-order valence-electron chi connectivity index (χ0n) is 13.6. The lowest BCUT2D eigenvalue weighted by Gasteiger charge is -2.19. The molecule has 0 bridgehead atoms. The van der Waals surface area contributed by atoms with Crippen molar-refractivity contribution in [2.75, 3.05) is 11.8 Å². The van der Waals surface area contributed by atoms with Gasteiger partial charge < -0.3 is 4.74 Å². The Morgan fingerprint density at radius 1 is 1.04 bits per heavy atom. The Bertz CT molecular complexity index is 794. The number of anilines is 1. The average molecular weight is 354 g/mol. The number of hydrogen-bond donors (Lipinski definition) is 1. The zero-order chi connectivity index (χ0) is 17.3. The van der Waals surface area contributed by atoms with E-state index in [1.54, 1.807) is 24.3 Å². The molecular formula is C17H20ClNO3S. The van der Waals surface area contributed by atoms with Crippen molar-refractivity contribution in [3.63, 3.8) is 0 Å². The van der Waals surface area contributed by atoms with E-state index in [-0.39, 0.29) is 10.3 Å². The maximum absolute atomic E-state index is 12.5. The average Bonchev–Trinajstić information content (AvgIpc) is 2.46. The molecular weight excluding hydrogens is 334 g/mol. The van der Waals surface area contributed by atoms with Crippen molar-refractivity contribution in [3.05, 3.63) is 53.1 Å². The highest BCUT2D eigenvalue weighted by atomic mass is 35.5. The third kappa shape index (κ3) is 4.18. The molecule has 0 saturated heterocycles. The summed E-state index contributed by atoms with van der Waals surface area (Å²) in [6.07, 6.45) is 0. The molecule has 0 atom stereocenters. The molecule has 0 spiro atoms. The summed E-state index contributed by atoms with van der Waals surface area (Å²) in [5.41, 5.74) is 1.34. The first kappa shape index (κ1) is 17.6. The van der Waals surface area contributed by atoms with Gasteiger partial charge in [-0.05, 0) is 41.3 Å². The van der Waals surface area contributed by atoms with Gasteiger partial charge in [0.25, 0.3) is 10.0 Å². The highest BCUT2D eigenvalue weighted by Crippen LogP contribution is 2.30. The van der Waals surface area contributed by atoms with Crippen molar-refractivity contribution in [1.82, 2.24) is 0 Å². The molecule has 0 amide bonds. The number of halogens is 1. The van der Waals surface area contributed by atoms with Crippen molar-refractivity contribution in [1.29, 1.82) is 0 Å². The third-order valence-electron chi connectivity index (χ3n) is 3.44. The first-order chi connectivity index (χ1) is 10.6. The first-order valence-electron chi connectivity index (χ1n) is 7.10. The Balaban J connectivity index is 2.34. The molecule has 0 aromatic heterocycles. The third-order valence-corrected chi connectivity index (χ3v) is 5.05. The van der Waals surface area contributed by atoms with Gasteiger partial charge in [-0.3, -0.25) is 4.72 Å². The summed E-state index contributed by atoms with van der Waals surface area (Å²) in [4.78, 5) is 0.188. The van der Waals surface area contributed by atoms with Gasteiger partial charge in [-0.15, -0.1) is 0 Å². The summed E-state index contributed by atoms with van der Waals surface area (Å²) in [5.74, 6) is 0.407. The second-order valence-corrected chi connectivity index (χ2v) is 8.34. The van der Waals surface area contributed by atoms with Gasteiger partial charge in [-0.2, -0.15) is 0 Å². The minimum Gasteiger partial charge on any atom is -0.495 e. The highest BCUT2D eigenvalue weighted by Gasteiger charge is 2.19. The van der Waals surface area contributed by atoms with E-state index in [2.05, 4.69) is 25.5 Å². The molecule has 0 saturated carbocycles. The molecule has 0 aliphatic carbocycles. The normalized spacial score (nSPS) is 12.0. The standard InChI is InChI=1S/C17H20ClNO3S/c1-17(2,3)12-5-8-14(9-6-12)23(20,21)19-15-11-13(18)7-10-16(15)22-4/h5-11,19H,1-4H3. The van der Waals surface area contributed by atoms with Gasteiger partial charge in [-0.1, -0.05) is 44.5 Å². The lowest BCUT2D eigenvalue weighted by Crippen LogP contribution is -2.15. The molecule has 0 aliphatic rings. The molecule has 0 heterocycles. The van der Waals surface area contributed by atoms with Gasteiger partial charge in [0.1, 0.15) is 5.75 Å². The summed E-state index contributed by atoms with van der Waals surface area (Å²) in [6, 6.07) is 11.6. The van der Waals surface area contributed by atoms with E-state index < -0.39 is 10.0 Å². The van der Waals surface area contributed by atoms with Crippen LogP contribution in [0.1, 0.15) is 26.3 Å². The number of methoxy groups -OCH3 is 1. The summed E-state index contributed by atoms with van der Waals surface area (Å²) >= 11 is 5.93. The molecule has 2 aromatic rings. The summed E-state index contributed by atoms with van der Waals surface area (Å²) in [7, 11) is -2.24. The second kappa shape index (κ2) is 6.42. The van der Waals surface area contributed by atoms with Crippen LogP contribution < -0.4 is 9.46 Å². The van der Waals surface area contributed by atoms with Crippen LogP contribution in [0.3, 0.4) is 0 Å². The maximum Gasteiger partial charge on any atom is 0.262 e. The Morgan fingerprint density at radius 3 is 2.17 bits per heavy atom. The van der Waals surface area contributed by atoms with Crippen LogP contribution in [0.2, 0.25) is 5.02 Å². The first-order valence-corrected chi connectivity index (χ1v) is 8.96. The largest absolute Gasteiger partial charge is 0.495 e. The second-order valence-electron chi connectivity index (χ2n) is 6.22. The van der Waals surface area contributed by atoms with E-state index >= 15 is 0 Å². The molecule has 0 fully saturated rings. The van der Waals surface area contributed by atoms with E-state index in [9.17, 15) is 8.42 Å². The van der Waals surface area contributed by atoms with Crippen LogP contribution in [-0.2, 0) is 15.4 Å². The number of sulfonamides is 1. The van der Waals surface area contributed by atoms with E-state index in [1.807, 2.05) is 12.1 Å². The number of rotatable bonds is 4. The van der Waals surface area contributed by atoms with Crippen LogP contribution >= 0.6 is 11.6 Å². The van der Waals surface area contributed by atoms with Crippen LogP contribution in [0, 0.1) is 0 Å². The van der Waals surface area contributed by atoms with Crippen LogP contribution in [0.25, 0.3) is 0 Å². The fraction of sp³-hybridized carbons (Fsp3) is 0.294. The van der Waals surface area contributed by atoms with Crippen LogP contribution in [0.15, 0.2) is 47.4 Å². The van der Waals surface area contributed by atoms with E-state index in [1.165, 1.54) is 13.2 Å². The molecule has 2 rings (SSSR count). The fourth-order valence-electron chi connectivity index (χ4n) is 2.10. The van der Waals surface area contributed by atoms with Gasteiger partial charge in [0, 0.05) is 5.02 Å². The predicted octanol–water partition coefficient (Wildman–Crippen LogP) is 4.45. The van der Waals surface area contributed by atoms with E-state index in [0.29, 0.717) is 16.5 Å². The quantitative estimate of drug-likeness (QED) is 0.883. The van der Waals surface area contributed by atoms with Crippen LogP contribution in [0.4, 0.5) is 5.69 Å². The minimum atomic E-state index is -3.71. The van der Waals surface area contributed by atoms with Crippen LogP contribution in [-0.4, -0.2) is 15.5 Å². The summed E-state index contributed by atoms with van der Waals surface area (Å²) in [5, 5.41) is 0.423. The Morgan fingerprint density at radius 2 is 1.65 bits per heavy atom. The van der Waals surface area contributed by atoms with Crippen molar-refractivity contribution in [2.45, 2.75) is 31.1 Å². The lowest BCUT2D eigenvalue weighted by atomic mass is 9.87. The molecule has 0 unspecified atom stereocenters. The minimum absolute atomic E-state index is 0.0358. The van der Waals surface area contributed by atoms with Crippen LogP contribution in [0.5, 0.6) is 5.75 Å². The van der Waals surface area contributed by atoms with E-state index in [4.69, 9.17) is 16.3 Å². The zero-order valence-corrected chi connectivity index (χ0v) is 15.1. The van der Waals surface area contributed by atoms with Gasteiger partial charge >= 0.3 is 0 Å². The topological polar surface area (TPSA) is 55.4 Å². The Labute approximate surface area is 142 Å². The van der Waals surface area contributed by atoms with E-state index in [0.717, 1.165) is 5.56 Å². The molecule has 124 valence electrons. The smallest absolute Gasteiger partial charge is 0.262 e. The number of hydrogen-bond acceptors (Lipinski definition) is 3. The molecule has 0 radical (unpaired) electrons. The van der Waals surface area contributed by atoms with Crippen molar-refractivity contribution >= 4 is 27.3 Å². The van der Waals surface area contributed by atoms with Crippen molar-refractivity contribution in [3.8, 4) is 5.75 Å². The maximum atomic E-state index is 12.5. The lowest BCUT2D eigenvalue weighted by molar-refractivity contribution is 0.417.